The standard InChI is InChI=1S/C15H25N3O2/c1-12(2)17(4)10-6-5-9-16-14-8-7-13(3)15(11-14)18(19)20/h7-8,11-12,16H,5-6,9-10H2,1-4H3. The van der Waals surface area contributed by atoms with Crippen molar-refractivity contribution in [2.45, 2.75) is 39.7 Å². The summed E-state index contributed by atoms with van der Waals surface area (Å²) in [6.07, 6.45) is 2.17. The summed E-state index contributed by atoms with van der Waals surface area (Å²) in [5.41, 5.74) is 1.69. The SMILES string of the molecule is Cc1ccc(NCCCCN(C)C(C)C)cc1[N+](=O)[O-]. The number of hydrogen-bond donors (Lipinski definition) is 1. The summed E-state index contributed by atoms with van der Waals surface area (Å²) in [5, 5.41) is 14.1. The maximum Gasteiger partial charge on any atom is 0.274 e. The van der Waals surface area contributed by atoms with E-state index in [0.29, 0.717) is 11.6 Å². The molecule has 0 saturated heterocycles. The summed E-state index contributed by atoms with van der Waals surface area (Å²) in [7, 11) is 2.13. The second kappa shape index (κ2) is 7.85. The summed E-state index contributed by atoms with van der Waals surface area (Å²) in [6, 6.07) is 5.85. The minimum Gasteiger partial charge on any atom is -0.385 e. The van der Waals surface area contributed by atoms with E-state index in [-0.39, 0.29) is 10.6 Å². The highest BCUT2D eigenvalue weighted by atomic mass is 16.6. The lowest BCUT2D eigenvalue weighted by Gasteiger charge is -2.20. The molecule has 20 heavy (non-hydrogen) atoms. The van der Waals surface area contributed by atoms with Crippen LogP contribution in [0, 0.1) is 17.0 Å². The summed E-state index contributed by atoms with van der Waals surface area (Å²) < 4.78 is 0. The molecule has 0 aliphatic rings. The topological polar surface area (TPSA) is 58.4 Å². The van der Waals surface area contributed by atoms with Crippen LogP contribution < -0.4 is 5.32 Å². The predicted molar refractivity (Wildman–Crippen MR) is 83.3 cm³/mol. The number of benzene rings is 1. The fraction of sp³-hybridized carbons (Fsp3) is 0.600. The first-order valence-electron chi connectivity index (χ1n) is 7.11. The number of anilines is 1. The van der Waals surface area contributed by atoms with E-state index in [9.17, 15) is 10.1 Å². The van der Waals surface area contributed by atoms with Crippen molar-refractivity contribution in [3.63, 3.8) is 0 Å². The fourth-order valence-electron chi connectivity index (χ4n) is 1.89. The van der Waals surface area contributed by atoms with E-state index in [1.54, 1.807) is 19.1 Å². The molecule has 0 radical (unpaired) electrons. The van der Waals surface area contributed by atoms with Crippen LogP contribution in [0.5, 0.6) is 0 Å². The lowest BCUT2D eigenvalue weighted by atomic mass is 10.2. The minimum absolute atomic E-state index is 0.176. The Morgan fingerprint density at radius 3 is 2.65 bits per heavy atom. The van der Waals surface area contributed by atoms with E-state index in [1.165, 1.54) is 0 Å². The largest absolute Gasteiger partial charge is 0.385 e. The molecule has 1 aromatic carbocycles. The van der Waals surface area contributed by atoms with E-state index in [1.807, 2.05) is 6.07 Å². The third kappa shape index (κ3) is 5.17. The third-order valence-corrected chi connectivity index (χ3v) is 3.55. The number of aryl methyl sites for hydroxylation is 1. The van der Waals surface area contributed by atoms with Gasteiger partial charge in [-0.1, -0.05) is 6.07 Å². The van der Waals surface area contributed by atoms with Crippen LogP contribution in [0.25, 0.3) is 0 Å². The van der Waals surface area contributed by atoms with Crippen LogP contribution in [-0.4, -0.2) is 36.0 Å². The van der Waals surface area contributed by atoms with Crippen LogP contribution in [0.1, 0.15) is 32.3 Å². The highest BCUT2D eigenvalue weighted by molar-refractivity contribution is 5.54. The van der Waals surface area contributed by atoms with Gasteiger partial charge in [0, 0.05) is 29.9 Å². The molecule has 0 bridgehead atoms. The predicted octanol–water partition coefficient (Wildman–Crippen LogP) is 3.44. The Hall–Kier alpha value is -1.62. The molecule has 1 N–H and O–H groups in total. The van der Waals surface area contributed by atoms with Crippen LogP contribution in [0.3, 0.4) is 0 Å². The van der Waals surface area contributed by atoms with Gasteiger partial charge in [-0.15, -0.1) is 0 Å². The monoisotopic (exact) mass is 279 g/mol. The average molecular weight is 279 g/mol. The van der Waals surface area contributed by atoms with E-state index >= 15 is 0 Å². The maximum atomic E-state index is 10.9. The summed E-state index contributed by atoms with van der Waals surface area (Å²) in [5.74, 6) is 0. The Labute approximate surface area is 121 Å². The van der Waals surface area contributed by atoms with E-state index in [2.05, 4.69) is 31.1 Å². The Bertz CT molecular complexity index is 447. The molecule has 0 amide bonds. The molecule has 0 spiro atoms. The molecule has 0 heterocycles. The van der Waals surface area contributed by atoms with Gasteiger partial charge in [-0.25, -0.2) is 0 Å². The third-order valence-electron chi connectivity index (χ3n) is 3.55. The van der Waals surface area contributed by atoms with Gasteiger partial charge in [-0.2, -0.15) is 0 Å². The molecule has 0 atom stereocenters. The smallest absolute Gasteiger partial charge is 0.274 e. The minimum atomic E-state index is -0.335. The van der Waals surface area contributed by atoms with Gasteiger partial charge in [0.15, 0.2) is 0 Å². The Morgan fingerprint density at radius 1 is 1.35 bits per heavy atom. The highest BCUT2D eigenvalue weighted by Gasteiger charge is 2.10. The second-order valence-corrected chi connectivity index (χ2v) is 5.47. The molecule has 112 valence electrons. The van der Waals surface area contributed by atoms with Crippen LogP contribution in [-0.2, 0) is 0 Å². The van der Waals surface area contributed by atoms with Gasteiger partial charge in [-0.3, -0.25) is 10.1 Å². The number of hydrogen-bond acceptors (Lipinski definition) is 4. The first kappa shape index (κ1) is 16.4. The highest BCUT2D eigenvalue weighted by Crippen LogP contribution is 2.22. The Kier molecular flexibility index (Phi) is 6.45. The van der Waals surface area contributed by atoms with Crippen LogP contribution in [0.2, 0.25) is 0 Å². The molecule has 0 saturated carbocycles. The molecule has 0 aromatic heterocycles. The van der Waals surface area contributed by atoms with Gasteiger partial charge in [0.2, 0.25) is 0 Å². The normalized spacial score (nSPS) is 11.1. The number of rotatable bonds is 8. The molecule has 5 nitrogen and oxygen atoms in total. The molecule has 0 aliphatic carbocycles. The number of unbranched alkanes of at least 4 members (excludes halogenated alkanes) is 1. The fourth-order valence-corrected chi connectivity index (χ4v) is 1.89. The van der Waals surface area contributed by atoms with Crippen molar-refractivity contribution >= 4 is 11.4 Å². The molecular weight excluding hydrogens is 254 g/mol. The van der Waals surface area contributed by atoms with Crippen molar-refractivity contribution < 1.29 is 4.92 Å². The van der Waals surface area contributed by atoms with E-state index < -0.39 is 0 Å². The molecule has 0 fully saturated rings. The number of nitrogens with zero attached hydrogens (tertiary/aromatic N) is 2. The number of nitrogens with one attached hydrogen (secondary N) is 1. The lowest BCUT2D eigenvalue weighted by Crippen LogP contribution is -2.27. The average Bonchev–Trinajstić information content (AvgIpc) is 2.39. The van der Waals surface area contributed by atoms with Crippen LogP contribution in [0.4, 0.5) is 11.4 Å². The quantitative estimate of drug-likeness (QED) is 0.450. The van der Waals surface area contributed by atoms with Gasteiger partial charge in [0.1, 0.15) is 0 Å². The van der Waals surface area contributed by atoms with Gasteiger partial charge in [0.05, 0.1) is 4.92 Å². The number of nitro groups is 1. The summed E-state index contributed by atoms with van der Waals surface area (Å²) in [6.45, 7) is 8.04. The van der Waals surface area contributed by atoms with Crippen molar-refractivity contribution in [3.8, 4) is 0 Å². The van der Waals surface area contributed by atoms with Gasteiger partial charge in [-0.05, 0) is 53.3 Å². The number of nitro benzene ring substituents is 1. The zero-order chi connectivity index (χ0) is 15.1. The van der Waals surface area contributed by atoms with Gasteiger partial charge in [0.25, 0.3) is 5.69 Å². The first-order valence-corrected chi connectivity index (χ1v) is 7.11. The van der Waals surface area contributed by atoms with Crippen molar-refractivity contribution in [3.05, 3.63) is 33.9 Å². The van der Waals surface area contributed by atoms with Crippen LogP contribution >= 0.6 is 0 Å². The molecule has 0 aliphatic heterocycles. The van der Waals surface area contributed by atoms with E-state index in [0.717, 1.165) is 31.6 Å². The van der Waals surface area contributed by atoms with Gasteiger partial charge < -0.3 is 10.2 Å². The van der Waals surface area contributed by atoms with Gasteiger partial charge >= 0.3 is 0 Å². The van der Waals surface area contributed by atoms with Crippen molar-refractivity contribution in [1.29, 1.82) is 0 Å². The lowest BCUT2D eigenvalue weighted by molar-refractivity contribution is -0.385. The molecular formula is C15H25N3O2. The summed E-state index contributed by atoms with van der Waals surface area (Å²) >= 11 is 0. The Morgan fingerprint density at radius 2 is 2.05 bits per heavy atom. The Balaban J connectivity index is 2.36. The zero-order valence-electron chi connectivity index (χ0n) is 12.8. The van der Waals surface area contributed by atoms with Crippen molar-refractivity contribution in [2.24, 2.45) is 0 Å². The molecule has 0 unspecified atom stereocenters. The summed E-state index contributed by atoms with van der Waals surface area (Å²) in [4.78, 5) is 12.8. The maximum absolute atomic E-state index is 10.9. The van der Waals surface area contributed by atoms with Crippen molar-refractivity contribution in [1.82, 2.24) is 4.90 Å². The van der Waals surface area contributed by atoms with E-state index in [4.69, 9.17) is 0 Å². The molecule has 5 heteroatoms. The zero-order valence-corrected chi connectivity index (χ0v) is 12.8. The molecule has 1 aromatic rings. The molecule has 1 rings (SSSR count). The second-order valence-electron chi connectivity index (χ2n) is 5.47. The van der Waals surface area contributed by atoms with Crippen LogP contribution in [0.15, 0.2) is 18.2 Å². The van der Waals surface area contributed by atoms with Crippen molar-refractivity contribution in [2.75, 3.05) is 25.5 Å². The first-order chi connectivity index (χ1) is 9.41.